The lowest BCUT2D eigenvalue weighted by Gasteiger charge is -2.05. The van der Waals surface area contributed by atoms with Crippen LogP contribution < -0.4 is 10.9 Å². The van der Waals surface area contributed by atoms with Crippen LogP contribution in [0.5, 0.6) is 0 Å². The maximum Gasteiger partial charge on any atom is 0.277 e. The molecule has 26 heavy (non-hydrogen) atoms. The van der Waals surface area contributed by atoms with Crippen LogP contribution in [0.15, 0.2) is 34.4 Å². The highest BCUT2D eigenvalue weighted by Gasteiger charge is 2.17. The number of ketones is 1. The highest BCUT2D eigenvalue weighted by Crippen LogP contribution is 2.15. The molecule has 0 aliphatic rings. The molecule has 1 amide bonds. The van der Waals surface area contributed by atoms with Gasteiger partial charge in [-0.05, 0) is 32.9 Å². The number of Topliss-reactive ketones (excluding diaryl/α,β-unsaturated/α-hetero) is 1. The summed E-state index contributed by atoms with van der Waals surface area (Å²) in [7, 11) is 0. The first-order valence-corrected chi connectivity index (χ1v) is 8.87. The predicted molar refractivity (Wildman–Crippen MR) is 100 cm³/mol. The monoisotopic (exact) mass is 370 g/mol. The van der Waals surface area contributed by atoms with Crippen LogP contribution in [0.25, 0.3) is 5.13 Å². The lowest BCUT2D eigenvalue weighted by Crippen LogP contribution is -2.22. The molecule has 0 spiro atoms. The third-order valence-corrected chi connectivity index (χ3v) is 4.83. The Morgan fingerprint density at radius 2 is 2.08 bits per heavy atom. The molecule has 2 aromatic heterocycles. The van der Waals surface area contributed by atoms with Crippen LogP contribution in [0.3, 0.4) is 0 Å². The first-order valence-electron chi connectivity index (χ1n) is 7.99. The number of aromatic amines is 1. The van der Waals surface area contributed by atoms with Crippen LogP contribution in [0.1, 0.15) is 34.2 Å². The van der Waals surface area contributed by atoms with E-state index in [-0.39, 0.29) is 23.7 Å². The number of amides is 1. The van der Waals surface area contributed by atoms with E-state index in [0.717, 1.165) is 5.69 Å². The molecule has 0 radical (unpaired) electrons. The molecule has 0 atom stereocenters. The number of nitrogens with zero attached hydrogens (tertiary/aromatic N) is 2. The van der Waals surface area contributed by atoms with E-state index in [1.54, 1.807) is 31.2 Å². The van der Waals surface area contributed by atoms with E-state index in [1.807, 2.05) is 12.3 Å². The Bertz CT molecular complexity index is 1040. The highest BCUT2D eigenvalue weighted by molar-refractivity contribution is 7.12. The number of aryl methyl sites for hydroxylation is 2. The van der Waals surface area contributed by atoms with Gasteiger partial charge in [-0.1, -0.05) is 12.1 Å². The number of thiazole rings is 1. The minimum Gasteiger partial charge on any atom is -0.326 e. The van der Waals surface area contributed by atoms with Gasteiger partial charge in [0.15, 0.2) is 5.78 Å². The fourth-order valence-corrected chi connectivity index (χ4v) is 3.31. The molecular weight excluding hydrogens is 352 g/mol. The second-order valence-corrected chi connectivity index (χ2v) is 6.83. The zero-order valence-electron chi connectivity index (χ0n) is 14.6. The summed E-state index contributed by atoms with van der Waals surface area (Å²) >= 11 is 1.35. The maximum atomic E-state index is 12.6. The molecule has 8 heteroatoms. The number of rotatable bonds is 5. The molecule has 0 aliphatic carbocycles. The molecule has 0 fully saturated rings. The van der Waals surface area contributed by atoms with Gasteiger partial charge < -0.3 is 5.32 Å². The van der Waals surface area contributed by atoms with Crippen molar-refractivity contribution in [2.45, 2.75) is 27.2 Å². The van der Waals surface area contributed by atoms with Crippen LogP contribution >= 0.6 is 11.3 Å². The molecular formula is C18H18N4O3S. The first kappa shape index (κ1) is 17.8. The van der Waals surface area contributed by atoms with Crippen molar-refractivity contribution >= 4 is 28.7 Å². The van der Waals surface area contributed by atoms with Crippen molar-refractivity contribution < 1.29 is 9.59 Å². The molecule has 0 saturated carbocycles. The van der Waals surface area contributed by atoms with Gasteiger partial charge in [0.05, 0.1) is 12.1 Å². The van der Waals surface area contributed by atoms with Crippen molar-refractivity contribution in [3.05, 3.63) is 62.5 Å². The van der Waals surface area contributed by atoms with Crippen molar-refractivity contribution in [1.29, 1.82) is 0 Å². The van der Waals surface area contributed by atoms with Gasteiger partial charge in [0, 0.05) is 27.9 Å². The fraction of sp³-hybridized carbons (Fsp3) is 0.222. The number of hydrogen-bond acceptors (Lipinski definition) is 5. The van der Waals surface area contributed by atoms with Gasteiger partial charge in [0.2, 0.25) is 11.0 Å². The second kappa shape index (κ2) is 7.09. The molecule has 3 rings (SSSR count). The molecule has 7 nitrogen and oxygen atoms in total. The van der Waals surface area contributed by atoms with Crippen molar-refractivity contribution in [3.63, 3.8) is 0 Å². The Kier molecular flexibility index (Phi) is 4.85. The molecule has 0 unspecified atom stereocenters. The summed E-state index contributed by atoms with van der Waals surface area (Å²) in [5, 5.41) is 8.08. The largest absolute Gasteiger partial charge is 0.326 e. The maximum absolute atomic E-state index is 12.6. The predicted octanol–water partition coefficient (Wildman–Crippen LogP) is 2.62. The third-order valence-electron chi connectivity index (χ3n) is 3.88. The van der Waals surface area contributed by atoms with Crippen molar-refractivity contribution in [3.8, 4) is 5.13 Å². The van der Waals surface area contributed by atoms with E-state index < -0.39 is 0 Å². The third kappa shape index (κ3) is 3.65. The van der Waals surface area contributed by atoms with E-state index in [9.17, 15) is 14.4 Å². The van der Waals surface area contributed by atoms with Gasteiger partial charge >= 0.3 is 0 Å². The average Bonchev–Trinajstić information content (AvgIpc) is 3.13. The van der Waals surface area contributed by atoms with Gasteiger partial charge in [0.25, 0.3) is 5.56 Å². The topological polar surface area (TPSA) is 96.8 Å². The number of hydrogen-bond donors (Lipinski definition) is 2. The van der Waals surface area contributed by atoms with E-state index in [0.29, 0.717) is 27.6 Å². The fourth-order valence-electron chi connectivity index (χ4n) is 2.55. The average molecular weight is 370 g/mol. The van der Waals surface area contributed by atoms with Crippen LogP contribution in [-0.4, -0.2) is 26.5 Å². The SMILES string of the molecule is CC(=O)c1cccc(NC(=O)Cc2c(C)[nH]n(-c3nc(C)cs3)c2=O)c1. The summed E-state index contributed by atoms with van der Waals surface area (Å²) in [4.78, 5) is 40.7. The van der Waals surface area contributed by atoms with Crippen LogP contribution in [0, 0.1) is 13.8 Å². The molecule has 1 aromatic carbocycles. The number of anilines is 1. The molecule has 134 valence electrons. The van der Waals surface area contributed by atoms with Crippen LogP contribution in [0.4, 0.5) is 5.69 Å². The van der Waals surface area contributed by atoms with Gasteiger partial charge in [-0.15, -0.1) is 11.3 Å². The lowest BCUT2D eigenvalue weighted by molar-refractivity contribution is -0.115. The number of nitrogens with one attached hydrogen (secondary N) is 2. The van der Waals surface area contributed by atoms with Gasteiger partial charge in [-0.25, -0.2) is 4.98 Å². The second-order valence-electron chi connectivity index (χ2n) is 5.99. The first-order chi connectivity index (χ1) is 12.3. The Balaban J connectivity index is 1.80. The number of carbonyl (C=O) groups excluding carboxylic acids is 2. The van der Waals surface area contributed by atoms with Crippen LogP contribution in [-0.2, 0) is 11.2 Å². The summed E-state index contributed by atoms with van der Waals surface area (Å²) < 4.78 is 1.35. The summed E-state index contributed by atoms with van der Waals surface area (Å²) in [6.07, 6.45) is -0.0666. The summed E-state index contributed by atoms with van der Waals surface area (Å²) in [6, 6.07) is 6.69. The Hall–Kier alpha value is -3.00. The summed E-state index contributed by atoms with van der Waals surface area (Å²) in [6.45, 7) is 5.06. The smallest absolute Gasteiger partial charge is 0.277 e. The van der Waals surface area contributed by atoms with Crippen molar-refractivity contribution in [2.75, 3.05) is 5.32 Å². The minimum atomic E-state index is -0.327. The highest BCUT2D eigenvalue weighted by atomic mass is 32.1. The minimum absolute atomic E-state index is 0.0666. The Labute approximate surface area is 153 Å². The van der Waals surface area contributed by atoms with E-state index in [2.05, 4.69) is 15.4 Å². The molecule has 2 N–H and O–H groups in total. The van der Waals surface area contributed by atoms with Crippen LogP contribution in [0.2, 0.25) is 0 Å². The zero-order chi connectivity index (χ0) is 18.8. The van der Waals surface area contributed by atoms with Gasteiger partial charge in [0.1, 0.15) is 0 Å². The Morgan fingerprint density at radius 1 is 1.31 bits per heavy atom. The molecule has 0 saturated heterocycles. The number of carbonyl (C=O) groups is 2. The number of aromatic nitrogens is 3. The van der Waals surface area contributed by atoms with E-state index in [1.165, 1.54) is 22.9 Å². The summed E-state index contributed by atoms with van der Waals surface area (Å²) in [5.74, 6) is -0.406. The van der Waals surface area contributed by atoms with Crippen molar-refractivity contribution in [2.24, 2.45) is 0 Å². The zero-order valence-corrected chi connectivity index (χ0v) is 15.4. The van der Waals surface area contributed by atoms with Gasteiger partial charge in [-0.2, -0.15) is 4.68 Å². The quantitative estimate of drug-likeness (QED) is 0.675. The van der Waals surface area contributed by atoms with E-state index in [4.69, 9.17) is 0 Å². The number of benzene rings is 1. The van der Waals surface area contributed by atoms with Crippen molar-refractivity contribution in [1.82, 2.24) is 14.8 Å². The standard InChI is InChI=1S/C18H18N4O3S/c1-10-9-26-18(19-10)22-17(25)15(11(2)21-22)8-16(24)20-14-6-4-5-13(7-14)12(3)23/h4-7,9,21H,8H2,1-3H3,(H,20,24). The normalized spacial score (nSPS) is 10.7. The van der Waals surface area contributed by atoms with Gasteiger partial charge in [-0.3, -0.25) is 19.5 Å². The molecule has 2 heterocycles. The van der Waals surface area contributed by atoms with E-state index >= 15 is 0 Å². The Morgan fingerprint density at radius 3 is 2.73 bits per heavy atom. The molecule has 0 bridgehead atoms. The number of H-pyrrole nitrogens is 1. The molecule has 3 aromatic rings. The molecule has 0 aliphatic heterocycles. The lowest BCUT2D eigenvalue weighted by atomic mass is 10.1. The summed E-state index contributed by atoms with van der Waals surface area (Å²) in [5.41, 5.74) is 2.58.